The van der Waals surface area contributed by atoms with Crippen LogP contribution in [0.15, 0.2) is 21.7 Å². The Bertz CT molecular complexity index is 422. The van der Waals surface area contributed by atoms with E-state index in [-0.39, 0.29) is 0 Å². The molecule has 0 amide bonds. The predicted molar refractivity (Wildman–Crippen MR) is 65.2 cm³/mol. The van der Waals surface area contributed by atoms with Crippen molar-refractivity contribution in [1.29, 1.82) is 0 Å². The summed E-state index contributed by atoms with van der Waals surface area (Å²) in [6, 6.07) is 3.72. The van der Waals surface area contributed by atoms with Gasteiger partial charge >= 0.3 is 0 Å². The van der Waals surface area contributed by atoms with Crippen LogP contribution in [0, 0.1) is 0 Å². The van der Waals surface area contributed by atoms with Gasteiger partial charge in [0.1, 0.15) is 4.21 Å². The van der Waals surface area contributed by atoms with Crippen molar-refractivity contribution in [3.05, 3.63) is 17.5 Å². The maximum Gasteiger partial charge on any atom is 0.252 e. The van der Waals surface area contributed by atoms with E-state index < -0.39 is 10.0 Å². The highest BCUT2D eigenvalue weighted by atomic mass is 32.2. The largest absolute Gasteiger partial charge is 0.313 e. The van der Waals surface area contributed by atoms with Crippen LogP contribution in [0.5, 0.6) is 0 Å². The van der Waals surface area contributed by atoms with Crippen molar-refractivity contribution in [2.75, 3.05) is 20.1 Å². The molecule has 0 radical (unpaired) electrons. The molecule has 1 saturated heterocycles. The lowest BCUT2D eigenvalue weighted by Gasteiger charge is -2.20. The number of sulfonamides is 1. The molecule has 0 aromatic carbocycles. The second-order valence-corrected chi connectivity index (χ2v) is 7.23. The minimum Gasteiger partial charge on any atom is -0.313 e. The van der Waals surface area contributed by atoms with Crippen molar-refractivity contribution < 1.29 is 8.42 Å². The lowest BCUT2D eigenvalue weighted by atomic mass is 10.2. The van der Waals surface area contributed by atoms with Crippen LogP contribution in [0.2, 0.25) is 0 Å². The van der Waals surface area contributed by atoms with Crippen LogP contribution in [0.1, 0.15) is 12.8 Å². The first kappa shape index (κ1) is 12.0. The molecule has 1 aromatic rings. The fourth-order valence-corrected chi connectivity index (χ4v) is 4.30. The fourth-order valence-electron chi connectivity index (χ4n) is 1.88. The Hall–Kier alpha value is -0.430. The van der Waals surface area contributed by atoms with Gasteiger partial charge in [0.2, 0.25) is 0 Å². The van der Waals surface area contributed by atoms with Crippen molar-refractivity contribution in [3.8, 4) is 0 Å². The maximum atomic E-state index is 12.1. The molecule has 4 nitrogen and oxygen atoms in total. The number of hydrogen-bond acceptors (Lipinski definition) is 4. The molecule has 90 valence electrons. The van der Waals surface area contributed by atoms with Gasteiger partial charge < -0.3 is 5.32 Å². The molecule has 0 spiro atoms. The van der Waals surface area contributed by atoms with E-state index in [2.05, 4.69) is 5.32 Å². The molecule has 0 saturated carbocycles. The molecule has 2 heterocycles. The van der Waals surface area contributed by atoms with Crippen LogP contribution < -0.4 is 5.32 Å². The summed E-state index contributed by atoms with van der Waals surface area (Å²) in [6.07, 6.45) is 2.20. The molecule has 1 fully saturated rings. The SMILES string of the molecule is CN(C[C@@H]1CCCN1)S(=O)(=O)c1cccs1. The zero-order valence-corrected chi connectivity index (χ0v) is 10.9. The highest BCUT2D eigenvalue weighted by molar-refractivity contribution is 7.91. The molecule has 1 aliphatic heterocycles. The smallest absolute Gasteiger partial charge is 0.252 e. The fraction of sp³-hybridized carbons (Fsp3) is 0.600. The zero-order valence-electron chi connectivity index (χ0n) is 9.22. The number of rotatable bonds is 4. The molecule has 2 rings (SSSR count). The van der Waals surface area contributed by atoms with Crippen LogP contribution in [-0.4, -0.2) is 38.9 Å². The molecule has 1 aromatic heterocycles. The summed E-state index contributed by atoms with van der Waals surface area (Å²) in [5, 5.41) is 5.09. The molecule has 0 aliphatic carbocycles. The summed E-state index contributed by atoms with van der Waals surface area (Å²) in [4.78, 5) is 0. The third-order valence-electron chi connectivity index (χ3n) is 2.80. The quantitative estimate of drug-likeness (QED) is 0.882. The molecule has 1 atom stereocenters. The second-order valence-electron chi connectivity index (χ2n) is 4.01. The summed E-state index contributed by atoms with van der Waals surface area (Å²) in [6.45, 7) is 1.55. The summed E-state index contributed by atoms with van der Waals surface area (Å²) in [5.74, 6) is 0. The van der Waals surface area contributed by atoms with Crippen molar-refractivity contribution in [2.45, 2.75) is 23.1 Å². The molecule has 16 heavy (non-hydrogen) atoms. The average molecular weight is 260 g/mol. The Morgan fingerprint density at radius 3 is 3.00 bits per heavy atom. The normalized spacial score (nSPS) is 21.8. The van der Waals surface area contributed by atoms with Crippen molar-refractivity contribution in [2.24, 2.45) is 0 Å². The highest BCUT2D eigenvalue weighted by Gasteiger charge is 2.25. The summed E-state index contributed by atoms with van der Waals surface area (Å²) >= 11 is 1.27. The Kier molecular flexibility index (Phi) is 3.63. The van der Waals surface area contributed by atoms with Gasteiger partial charge in [-0.1, -0.05) is 6.07 Å². The van der Waals surface area contributed by atoms with Gasteiger partial charge in [0.25, 0.3) is 10.0 Å². The predicted octanol–water partition coefficient (Wildman–Crippen LogP) is 1.12. The van der Waals surface area contributed by atoms with E-state index in [1.807, 2.05) is 0 Å². The Labute approximate surface area is 100 Å². The van der Waals surface area contributed by atoms with E-state index in [9.17, 15) is 8.42 Å². The van der Waals surface area contributed by atoms with E-state index in [1.165, 1.54) is 15.6 Å². The van der Waals surface area contributed by atoms with Gasteiger partial charge in [-0.25, -0.2) is 8.42 Å². The molecular formula is C10H16N2O2S2. The van der Waals surface area contributed by atoms with Crippen LogP contribution in [-0.2, 0) is 10.0 Å². The van der Waals surface area contributed by atoms with Crippen LogP contribution in [0.25, 0.3) is 0 Å². The molecule has 0 unspecified atom stereocenters. The lowest BCUT2D eigenvalue weighted by Crippen LogP contribution is -2.38. The summed E-state index contributed by atoms with van der Waals surface area (Å²) in [5.41, 5.74) is 0. The van der Waals surface area contributed by atoms with Gasteiger partial charge in [-0.3, -0.25) is 0 Å². The number of hydrogen-bond donors (Lipinski definition) is 1. The average Bonchev–Trinajstić information content (AvgIpc) is 2.89. The zero-order chi connectivity index (χ0) is 11.6. The minimum absolute atomic E-state index is 0.305. The van der Waals surface area contributed by atoms with E-state index in [1.54, 1.807) is 24.6 Å². The van der Waals surface area contributed by atoms with Crippen LogP contribution >= 0.6 is 11.3 Å². The molecular weight excluding hydrogens is 244 g/mol. The van der Waals surface area contributed by atoms with Crippen molar-refractivity contribution >= 4 is 21.4 Å². The molecule has 0 bridgehead atoms. The monoisotopic (exact) mass is 260 g/mol. The standard InChI is InChI=1S/C10H16N2O2S2/c1-12(8-9-4-2-6-11-9)16(13,14)10-5-3-7-15-10/h3,5,7,9,11H,2,4,6,8H2,1H3/t9-/m0/s1. The van der Waals surface area contributed by atoms with Crippen molar-refractivity contribution in [1.82, 2.24) is 9.62 Å². The second kappa shape index (κ2) is 4.83. The van der Waals surface area contributed by atoms with Gasteiger partial charge in [-0.15, -0.1) is 11.3 Å². The Morgan fingerprint density at radius 2 is 2.44 bits per heavy atom. The first-order valence-electron chi connectivity index (χ1n) is 5.34. The first-order chi connectivity index (χ1) is 7.60. The highest BCUT2D eigenvalue weighted by Crippen LogP contribution is 2.20. The molecule has 1 aliphatic rings. The van der Waals surface area contributed by atoms with Gasteiger partial charge in [-0.05, 0) is 30.8 Å². The third kappa shape index (κ3) is 2.45. The van der Waals surface area contributed by atoms with Crippen LogP contribution in [0.4, 0.5) is 0 Å². The van der Waals surface area contributed by atoms with E-state index in [4.69, 9.17) is 0 Å². The van der Waals surface area contributed by atoms with E-state index in [0.29, 0.717) is 16.8 Å². The number of thiophene rings is 1. The summed E-state index contributed by atoms with van der Waals surface area (Å²) < 4.78 is 26.0. The van der Waals surface area contributed by atoms with E-state index in [0.717, 1.165) is 19.4 Å². The maximum absolute atomic E-state index is 12.1. The van der Waals surface area contributed by atoms with Gasteiger partial charge in [0, 0.05) is 19.6 Å². The minimum atomic E-state index is -3.27. The van der Waals surface area contributed by atoms with Gasteiger partial charge in [0.05, 0.1) is 0 Å². The number of nitrogens with zero attached hydrogens (tertiary/aromatic N) is 1. The Morgan fingerprint density at radius 1 is 1.62 bits per heavy atom. The third-order valence-corrected chi connectivity index (χ3v) is 6.00. The molecule has 1 N–H and O–H groups in total. The lowest BCUT2D eigenvalue weighted by molar-refractivity contribution is 0.418. The van der Waals surface area contributed by atoms with Gasteiger partial charge in [-0.2, -0.15) is 4.31 Å². The number of nitrogens with one attached hydrogen (secondary N) is 1. The topological polar surface area (TPSA) is 49.4 Å². The van der Waals surface area contributed by atoms with Crippen LogP contribution in [0.3, 0.4) is 0 Å². The van der Waals surface area contributed by atoms with Gasteiger partial charge in [0.15, 0.2) is 0 Å². The Balaban J connectivity index is 2.06. The number of likely N-dealkylation sites (N-methyl/N-ethyl adjacent to an activating group) is 1. The summed E-state index contributed by atoms with van der Waals surface area (Å²) in [7, 11) is -1.62. The van der Waals surface area contributed by atoms with Crippen molar-refractivity contribution in [3.63, 3.8) is 0 Å². The first-order valence-corrected chi connectivity index (χ1v) is 7.66. The molecule has 6 heteroatoms. The van der Waals surface area contributed by atoms with E-state index >= 15 is 0 Å².